The van der Waals surface area contributed by atoms with Crippen molar-refractivity contribution in [1.82, 2.24) is 4.90 Å². The van der Waals surface area contributed by atoms with Gasteiger partial charge in [0.2, 0.25) is 0 Å². The van der Waals surface area contributed by atoms with E-state index in [4.69, 9.17) is 5.11 Å². The number of carboxylic acid groups (broad SMARTS) is 1. The van der Waals surface area contributed by atoms with Crippen LogP contribution in [0.15, 0.2) is 30.3 Å². The van der Waals surface area contributed by atoms with E-state index in [0.29, 0.717) is 0 Å². The third-order valence-electron chi connectivity index (χ3n) is 2.51. The van der Waals surface area contributed by atoms with Gasteiger partial charge in [-0.05, 0) is 26.0 Å². The Labute approximate surface area is 90.3 Å². The Morgan fingerprint density at radius 3 is 2.53 bits per heavy atom. The van der Waals surface area contributed by atoms with E-state index in [1.807, 2.05) is 37.1 Å². The lowest BCUT2D eigenvalue weighted by molar-refractivity contribution is -0.138. The van der Waals surface area contributed by atoms with Crippen LogP contribution in [0.25, 0.3) is 0 Å². The first-order valence-corrected chi connectivity index (χ1v) is 5.05. The molecule has 0 aliphatic rings. The number of hydrogen-bond donors (Lipinski definition) is 1. The molecular formula is C12H17NO2. The van der Waals surface area contributed by atoms with Crippen LogP contribution < -0.4 is 0 Å². The van der Waals surface area contributed by atoms with Crippen molar-refractivity contribution in [1.29, 1.82) is 0 Å². The van der Waals surface area contributed by atoms with Gasteiger partial charge in [-0.2, -0.15) is 0 Å². The van der Waals surface area contributed by atoms with Crippen LogP contribution in [0, 0.1) is 0 Å². The molecule has 3 heteroatoms. The maximum atomic E-state index is 10.5. The van der Waals surface area contributed by atoms with Crippen LogP contribution in [0.2, 0.25) is 0 Å². The van der Waals surface area contributed by atoms with E-state index in [2.05, 4.69) is 12.1 Å². The fourth-order valence-electron chi connectivity index (χ4n) is 1.48. The normalized spacial score (nSPS) is 12.7. The van der Waals surface area contributed by atoms with Gasteiger partial charge in [0.1, 0.15) is 0 Å². The summed E-state index contributed by atoms with van der Waals surface area (Å²) in [7, 11) is 1.84. The average molecular weight is 207 g/mol. The molecule has 1 N–H and O–H groups in total. The summed E-state index contributed by atoms with van der Waals surface area (Å²) in [6.45, 7) is 2.13. The molecule has 1 aromatic rings. The molecule has 1 atom stereocenters. The molecule has 0 unspecified atom stereocenters. The Morgan fingerprint density at radius 2 is 2.00 bits per heavy atom. The lowest BCUT2D eigenvalue weighted by Crippen LogP contribution is -2.35. The van der Waals surface area contributed by atoms with E-state index < -0.39 is 5.97 Å². The molecular weight excluding hydrogens is 190 g/mol. The van der Waals surface area contributed by atoms with Gasteiger partial charge in [0.15, 0.2) is 0 Å². The summed E-state index contributed by atoms with van der Waals surface area (Å²) in [4.78, 5) is 12.4. The summed E-state index contributed by atoms with van der Waals surface area (Å²) in [6.07, 6.45) is 0.880. The smallest absolute Gasteiger partial charge is 0.317 e. The zero-order valence-corrected chi connectivity index (χ0v) is 9.18. The highest BCUT2D eigenvalue weighted by atomic mass is 16.4. The van der Waals surface area contributed by atoms with Crippen LogP contribution in [0.4, 0.5) is 0 Å². The third kappa shape index (κ3) is 4.13. The number of benzene rings is 1. The Morgan fingerprint density at radius 1 is 1.40 bits per heavy atom. The topological polar surface area (TPSA) is 40.5 Å². The second-order valence-corrected chi connectivity index (χ2v) is 3.85. The monoisotopic (exact) mass is 207 g/mol. The lowest BCUT2D eigenvalue weighted by atomic mass is 10.1. The largest absolute Gasteiger partial charge is 0.480 e. The Bertz CT molecular complexity index is 311. The number of nitrogens with zero attached hydrogens (tertiary/aromatic N) is 1. The highest BCUT2D eigenvalue weighted by Gasteiger charge is 2.12. The first-order chi connectivity index (χ1) is 7.09. The zero-order chi connectivity index (χ0) is 11.3. The molecule has 1 rings (SSSR count). The van der Waals surface area contributed by atoms with Gasteiger partial charge < -0.3 is 5.11 Å². The second-order valence-electron chi connectivity index (χ2n) is 3.85. The third-order valence-corrected chi connectivity index (χ3v) is 2.51. The number of carbonyl (C=O) groups is 1. The van der Waals surface area contributed by atoms with E-state index in [1.54, 1.807) is 0 Å². The minimum atomic E-state index is -0.780. The van der Waals surface area contributed by atoms with Crippen LogP contribution in [0.1, 0.15) is 12.5 Å². The molecule has 1 aromatic carbocycles. The molecule has 0 heterocycles. The molecule has 0 saturated heterocycles. The van der Waals surface area contributed by atoms with Crippen molar-refractivity contribution in [3.05, 3.63) is 35.9 Å². The van der Waals surface area contributed by atoms with Gasteiger partial charge in [-0.25, -0.2) is 0 Å². The van der Waals surface area contributed by atoms with Crippen LogP contribution in [-0.4, -0.2) is 35.6 Å². The molecule has 3 nitrogen and oxygen atoms in total. The fourth-order valence-corrected chi connectivity index (χ4v) is 1.48. The standard InChI is InChI=1S/C12H17NO2/c1-10(13(2)9-12(14)15)8-11-6-4-3-5-7-11/h3-7,10H,8-9H2,1-2H3,(H,14,15)/t10-/m0/s1. The number of aliphatic carboxylic acids is 1. The quantitative estimate of drug-likeness (QED) is 0.797. The summed E-state index contributed by atoms with van der Waals surface area (Å²) in [6, 6.07) is 10.3. The number of rotatable bonds is 5. The maximum Gasteiger partial charge on any atom is 0.317 e. The Balaban J connectivity index is 2.48. The Kier molecular flexibility index (Phi) is 4.31. The number of carboxylic acids is 1. The summed E-state index contributed by atoms with van der Waals surface area (Å²) in [5, 5.41) is 8.66. The van der Waals surface area contributed by atoms with E-state index in [1.165, 1.54) is 5.56 Å². The summed E-state index contributed by atoms with van der Waals surface area (Å²) < 4.78 is 0. The maximum absolute atomic E-state index is 10.5. The summed E-state index contributed by atoms with van der Waals surface area (Å²) in [5.74, 6) is -0.780. The van der Waals surface area contributed by atoms with Crippen molar-refractivity contribution < 1.29 is 9.90 Å². The Hall–Kier alpha value is -1.35. The van der Waals surface area contributed by atoms with E-state index >= 15 is 0 Å². The van der Waals surface area contributed by atoms with E-state index in [9.17, 15) is 4.79 Å². The predicted molar refractivity (Wildman–Crippen MR) is 59.9 cm³/mol. The highest BCUT2D eigenvalue weighted by molar-refractivity contribution is 5.69. The first-order valence-electron chi connectivity index (χ1n) is 5.05. The van der Waals surface area contributed by atoms with Gasteiger partial charge in [-0.1, -0.05) is 30.3 Å². The number of likely N-dealkylation sites (N-methyl/N-ethyl adjacent to an activating group) is 1. The molecule has 0 bridgehead atoms. The molecule has 15 heavy (non-hydrogen) atoms. The SMILES string of the molecule is C[C@@H](Cc1ccccc1)N(C)CC(=O)O. The van der Waals surface area contributed by atoms with E-state index in [0.717, 1.165) is 6.42 Å². The van der Waals surface area contributed by atoms with Gasteiger partial charge in [-0.15, -0.1) is 0 Å². The molecule has 0 spiro atoms. The molecule has 0 aliphatic carbocycles. The summed E-state index contributed by atoms with van der Waals surface area (Å²) >= 11 is 0. The van der Waals surface area contributed by atoms with Crippen molar-refractivity contribution in [2.45, 2.75) is 19.4 Å². The molecule has 0 radical (unpaired) electrons. The first kappa shape index (κ1) is 11.7. The van der Waals surface area contributed by atoms with Crippen LogP contribution >= 0.6 is 0 Å². The van der Waals surface area contributed by atoms with Gasteiger partial charge >= 0.3 is 5.97 Å². The minimum absolute atomic E-state index is 0.0913. The second kappa shape index (κ2) is 5.51. The summed E-state index contributed by atoms with van der Waals surface area (Å²) in [5.41, 5.74) is 1.24. The number of hydrogen-bond acceptors (Lipinski definition) is 2. The van der Waals surface area contributed by atoms with Crippen molar-refractivity contribution >= 4 is 5.97 Å². The van der Waals surface area contributed by atoms with Crippen molar-refractivity contribution in [3.8, 4) is 0 Å². The van der Waals surface area contributed by atoms with Gasteiger partial charge in [0.25, 0.3) is 0 Å². The fraction of sp³-hybridized carbons (Fsp3) is 0.417. The van der Waals surface area contributed by atoms with Gasteiger partial charge in [-0.3, -0.25) is 9.69 Å². The molecule has 0 aliphatic heterocycles. The van der Waals surface area contributed by atoms with Crippen molar-refractivity contribution in [2.24, 2.45) is 0 Å². The van der Waals surface area contributed by atoms with Crippen LogP contribution in [-0.2, 0) is 11.2 Å². The van der Waals surface area contributed by atoms with Crippen LogP contribution in [0.5, 0.6) is 0 Å². The zero-order valence-electron chi connectivity index (χ0n) is 9.18. The highest BCUT2D eigenvalue weighted by Crippen LogP contribution is 2.06. The molecule has 0 aromatic heterocycles. The average Bonchev–Trinajstić information content (AvgIpc) is 2.18. The molecule has 0 saturated carbocycles. The van der Waals surface area contributed by atoms with Crippen molar-refractivity contribution in [3.63, 3.8) is 0 Å². The molecule has 0 amide bonds. The predicted octanol–water partition coefficient (Wildman–Crippen LogP) is 1.63. The molecule has 82 valence electrons. The lowest BCUT2D eigenvalue weighted by Gasteiger charge is -2.22. The molecule has 0 fully saturated rings. The van der Waals surface area contributed by atoms with Gasteiger partial charge in [0, 0.05) is 6.04 Å². The van der Waals surface area contributed by atoms with E-state index in [-0.39, 0.29) is 12.6 Å². The van der Waals surface area contributed by atoms with Gasteiger partial charge in [0.05, 0.1) is 6.54 Å². The minimum Gasteiger partial charge on any atom is -0.480 e. The van der Waals surface area contributed by atoms with Crippen LogP contribution in [0.3, 0.4) is 0 Å². The van der Waals surface area contributed by atoms with Crippen molar-refractivity contribution in [2.75, 3.05) is 13.6 Å².